The summed E-state index contributed by atoms with van der Waals surface area (Å²) in [6, 6.07) is 13.3. The van der Waals surface area contributed by atoms with Crippen LogP contribution in [0, 0.1) is 13.8 Å². The smallest absolute Gasteiger partial charge is 0.258 e. The number of fused-ring (bicyclic) bond motifs is 3. The van der Waals surface area contributed by atoms with E-state index >= 15 is 0 Å². The van der Waals surface area contributed by atoms with E-state index in [1.807, 2.05) is 50.2 Å². The van der Waals surface area contributed by atoms with E-state index in [2.05, 4.69) is 25.5 Å². The van der Waals surface area contributed by atoms with E-state index in [1.165, 1.54) is 0 Å². The summed E-state index contributed by atoms with van der Waals surface area (Å²) in [5.41, 5.74) is 5.00. The quantitative estimate of drug-likeness (QED) is 0.593. The number of rotatable bonds is 2. The van der Waals surface area contributed by atoms with Crippen molar-refractivity contribution >= 4 is 33.9 Å². The van der Waals surface area contributed by atoms with Gasteiger partial charge in [-0.15, -0.1) is 10.2 Å². The summed E-state index contributed by atoms with van der Waals surface area (Å²) in [5.74, 6) is -0.0763. The molecule has 6 heteroatoms. The number of nitrogens with one attached hydrogen (secondary N) is 2. The number of carbonyl (C=O) groups excluding carboxylic acids is 1. The summed E-state index contributed by atoms with van der Waals surface area (Å²) >= 11 is 0. The first-order valence-corrected chi connectivity index (χ1v) is 7.61. The third-order valence-electron chi connectivity index (χ3n) is 4.12. The third kappa shape index (κ3) is 2.38. The Labute approximate surface area is 137 Å². The van der Waals surface area contributed by atoms with Gasteiger partial charge in [-0.3, -0.25) is 10.1 Å². The van der Waals surface area contributed by atoms with E-state index in [4.69, 9.17) is 0 Å². The second kappa shape index (κ2) is 5.42. The zero-order valence-electron chi connectivity index (χ0n) is 13.3. The molecule has 0 radical (unpaired) electrons. The van der Waals surface area contributed by atoms with Crippen LogP contribution in [-0.4, -0.2) is 26.1 Å². The summed E-state index contributed by atoms with van der Waals surface area (Å²) in [4.78, 5) is 19.9. The van der Waals surface area contributed by atoms with Crippen molar-refractivity contribution < 1.29 is 4.79 Å². The Hall–Kier alpha value is -3.28. The molecule has 0 aliphatic rings. The van der Waals surface area contributed by atoms with Gasteiger partial charge >= 0.3 is 0 Å². The van der Waals surface area contributed by atoms with E-state index in [0.29, 0.717) is 16.7 Å². The minimum Gasteiger partial charge on any atom is -0.338 e. The van der Waals surface area contributed by atoms with Crippen molar-refractivity contribution in [3.63, 3.8) is 0 Å². The van der Waals surface area contributed by atoms with Gasteiger partial charge in [0.2, 0.25) is 0 Å². The van der Waals surface area contributed by atoms with Crippen LogP contribution >= 0.6 is 0 Å². The Balaban J connectivity index is 1.67. The molecule has 4 rings (SSSR count). The SMILES string of the molecule is Cc1ccc(C(=O)Nc2nnc3c(n2)[nH]c2ccccc23)cc1C. The number of amides is 1. The maximum atomic E-state index is 12.4. The molecule has 0 atom stereocenters. The molecule has 0 saturated heterocycles. The molecular weight excluding hydrogens is 302 g/mol. The molecule has 0 unspecified atom stereocenters. The van der Waals surface area contributed by atoms with Gasteiger partial charge in [0.1, 0.15) is 5.52 Å². The van der Waals surface area contributed by atoms with Gasteiger partial charge in [-0.05, 0) is 43.2 Å². The lowest BCUT2D eigenvalue weighted by Crippen LogP contribution is -2.15. The van der Waals surface area contributed by atoms with Crippen LogP contribution in [0.1, 0.15) is 21.5 Å². The normalized spacial score (nSPS) is 11.1. The van der Waals surface area contributed by atoms with Gasteiger partial charge in [-0.1, -0.05) is 24.3 Å². The minimum absolute atomic E-state index is 0.178. The first-order valence-electron chi connectivity index (χ1n) is 7.61. The molecule has 2 aromatic heterocycles. The number of aryl methyl sites for hydroxylation is 2. The van der Waals surface area contributed by atoms with Crippen LogP contribution in [0.15, 0.2) is 42.5 Å². The first kappa shape index (κ1) is 14.3. The monoisotopic (exact) mass is 317 g/mol. The van der Waals surface area contributed by atoms with Gasteiger partial charge in [0.25, 0.3) is 11.9 Å². The molecule has 1 amide bonds. The second-order valence-electron chi connectivity index (χ2n) is 5.76. The van der Waals surface area contributed by atoms with E-state index in [9.17, 15) is 4.79 Å². The molecule has 2 aromatic carbocycles. The van der Waals surface area contributed by atoms with E-state index in [0.717, 1.165) is 22.0 Å². The Morgan fingerprint density at radius 2 is 1.88 bits per heavy atom. The molecular formula is C18H15N5O. The summed E-state index contributed by atoms with van der Waals surface area (Å²) in [7, 11) is 0. The number of H-pyrrole nitrogens is 1. The number of aromatic nitrogens is 4. The molecule has 2 heterocycles. The number of para-hydroxylation sites is 1. The molecule has 118 valence electrons. The Morgan fingerprint density at radius 3 is 2.71 bits per heavy atom. The molecule has 0 bridgehead atoms. The van der Waals surface area contributed by atoms with Crippen LogP contribution in [0.4, 0.5) is 5.95 Å². The van der Waals surface area contributed by atoms with Crippen molar-refractivity contribution in [3.8, 4) is 0 Å². The number of nitrogens with zero attached hydrogens (tertiary/aromatic N) is 3. The molecule has 0 fully saturated rings. The van der Waals surface area contributed by atoms with E-state index in [1.54, 1.807) is 6.07 Å². The molecule has 2 N–H and O–H groups in total. The zero-order valence-corrected chi connectivity index (χ0v) is 13.3. The fourth-order valence-electron chi connectivity index (χ4n) is 2.63. The maximum absolute atomic E-state index is 12.4. The molecule has 0 aliphatic carbocycles. The van der Waals surface area contributed by atoms with Crippen molar-refractivity contribution in [2.24, 2.45) is 0 Å². The molecule has 4 aromatic rings. The number of carbonyl (C=O) groups is 1. The van der Waals surface area contributed by atoms with Crippen LogP contribution in [0.25, 0.3) is 22.1 Å². The Kier molecular flexibility index (Phi) is 3.23. The molecule has 0 aliphatic heterocycles. The third-order valence-corrected chi connectivity index (χ3v) is 4.12. The predicted molar refractivity (Wildman–Crippen MR) is 93.1 cm³/mol. The standard InChI is InChI=1S/C18H15N5O/c1-10-7-8-12(9-11(10)2)17(24)21-18-20-16-15(22-23-18)13-5-3-4-6-14(13)19-16/h3-9H,1-2H3,(H2,19,20,21,23,24). The van der Waals surface area contributed by atoms with Gasteiger partial charge in [0, 0.05) is 16.5 Å². The summed E-state index contributed by atoms with van der Waals surface area (Å²) in [5, 5.41) is 11.9. The van der Waals surface area contributed by atoms with Crippen molar-refractivity contribution in [3.05, 3.63) is 59.2 Å². The fourth-order valence-corrected chi connectivity index (χ4v) is 2.63. The van der Waals surface area contributed by atoms with Gasteiger partial charge in [-0.25, -0.2) is 0 Å². The highest BCUT2D eigenvalue weighted by Gasteiger charge is 2.12. The summed E-state index contributed by atoms with van der Waals surface area (Å²) < 4.78 is 0. The highest BCUT2D eigenvalue weighted by atomic mass is 16.1. The number of benzene rings is 2. The maximum Gasteiger partial charge on any atom is 0.258 e. The van der Waals surface area contributed by atoms with Gasteiger partial charge < -0.3 is 4.98 Å². The topological polar surface area (TPSA) is 83.6 Å². The van der Waals surface area contributed by atoms with Crippen molar-refractivity contribution in [2.45, 2.75) is 13.8 Å². The van der Waals surface area contributed by atoms with E-state index in [-0.39, 0.29) is 11.9 Å². The molecule has 24 heavy (non-hydrogen) atoms. The Bertz CT molecular complexity index is 1080. The van der Waals surface area contributed by atoms with Crippen LogP contribution in [0.2, 0.25) is 0 Å². The van der Waals surface area contributed by atoms with Crippen molar-refractivity contribution in [1.29, 1.82) is 0 Å². The zero-order chi connectivity index (χ0) is 16.7. The average molecular weight is 317 g/mol. The number of anilines is 1. The van der Waals surface area contributed by atoms with Crippen LogP contribution < -0.4 is 5.32 Å². The second-order valence-corrected chi connectivity index (χ2v) is 5.76. The number of hydrogen-bond donors (Lipinski definition) is 2. The molecule has 0 spiro atoms. The van der Waals surface area contributed by atoms with Gasteiger partial charge in [0.05, 0.1) is 0 Å². The fraction of sp³-hybridized carbons (Fsp3) is 0.111. The average Bonchev–Trinajstić information content (AvgIpc) is 2.95. The highest BCUT2D eigenvalue weighted by molar-refractivity contribution is 6.05. The van der Waals surface area contributed by atoms with Crippen LogP contribution in [-0.2, 0) is 0 Å². The molecule has 0 saturated carbocycles. The summed E-state index contributed by atoms with van der Waals surface area (Å²) in [6.45, 7) is 3.98. The number of hydrogen-bond acceptors (Lipinski definition) is 4. The lowest BCUT2D eigenvalue weighted by molar-refractivity contribution is 0.102. The van der Waals surface area contributed by atoms with Gasteiger partial charge in [0.15, 0.2) is 5.65 Å². The van der Waals surface area contributed by atoms with Crippen molar-refractivity contribution in [2.75, 3.05) is 5.32 Å². The lowest BCUT2D eigenvalue weighted by atomic mass is 10.1. The van der Waals surface area contributed by atoms with E-state index < -0.39 is 0 Å². The summed E-state index contributed by atoms with van der Waals surface area (Å²) in [6.07, 6.45) is 0. The van der Waals surface area contributed by atoms with Gasteiger partial charge in [-0.2, -0.15) is 4.98 Å². The lowest BCUT2D eigenvalue weighted by Gasteiger charge is -2.05. The number of aromatic amines is 1. The minimum atomic E-state index is -0.254. The Morgan fingerprint density at radius 1 is 1.04 bits per heavy atom. The highest BCUT2D eigenvalue weighted by Crippen LogP contribution is 2.22. The van der Waals surface area contributed by atoms with Crippen molar-refractivity contribution in [1.82, 2.24) is 20.2 Å². The van der Waals surface area contributed by atoms with Crippen LogP contribution in [0.5, 0.6) is 0 Å². The molecule has 6 nitrogen and oxygen atoms in total. The largest absolute Gasteiger partial charge is 0.338 e. The first-order chi connectivity index (χ1) is 11.6. The van der Waals surface area contributed by atoms with Crippen LogP contribution in [0.3, 0.4) is 0 Å². The predicted octanol–water partition coefficient (Wildman–Crippen LogP) is 3.38.